The minimum Gasteiger partial charge on any atom is -0.346 e. The number of amides is 1. The molecular weight excluding hydrogens is 468 g/mol. The van der Waals surface area contributed by atoms with Crippen molar-refractivity contribution in [2.75, 3.05) is 4.31 Å². The molecule has 1 N–H and O–H groups in total. The van der Waals surface area contributed by atoms with E-state index in [9.17, 15) is 13.2 Å². The van der Waals surface area contributed by atoms with Gasteiger partial charge in [0.05, 0.1) is 23.2 Å². The highest BCUT2D eigenvalue weighted by molar-refractivity contribution is 7.92. The second kappa shape index (κ2) is 11.2. The van der Waals surface area contributed by atoms with E-state index in [4.69, 9.17) is 0 Å². The highest BCUT2D eigenvalue weighted by Crippen LogP contribution is 2.26. The van der Waals surface area contributed by atoms with Gasteiger partial charge in [0, 0.05) is 5.56 Å². The zero-order valence-corrected chi connectivity index (χ0v) is 21.3. The number of nitrogens with one attached hydrogen (secondary N) is 1. The SMILES string of the molecule is CCc1ccc(C(C)NC(=O)c2ccc(CN(c3ccccc3)S(=O)(=O)c3ccccc3)cc2)cc1. The van der Waals surface area contributed by atoms with Crippen molar-refractivity contribution in [2.45, 2.75) is 37.8 Å². The number of carbonyl (C=O) groups excluding carboxylic acids is 1. The van der Waals surface area contributed by atoms with Crippen molar-refractivity contribution in [3.8, 4) is 0 Å². The zero-order valence-electron chi connectivity index (χ0n) is 20.5. The summed E-state index contributed by atoms with van der Waals surface area (Å²) in [4.78, 5) is 13.1. The lowest BCUT2D eigenvalue weighted by Crippen LogP contribution is -2.30. The number of hydrogen-bond donors (Lipinski definition) is 1. The van der Waals surface area contributed by atoms with Gasteiger partial charge < -0.3 is 5.32 Å². The minimum atomic E-state index is -3.78. The van der Waals surface area contributed by atoms with Crippen molar-refractivity contribution in [3.63, 3.8) is 0 Å². The molecule has 184 valence electrons. The first-order chi connectivity index (χ1) is 17.4. The molecule has 1 amide bonds. The summed E-state index contributed by atoms with van der Waals surface area (Å²) < 4.78 is 28.3. The summed E-state index contributed by atoms with van der Waals surface area (Å²) in [6.45, 7) is 4.21. The van der Waals surface area contributed by atoms with Crippen molar-refractivity contribution in [1.82, 2.24) is 5.32 Å². The first-order valence-electron chi connectivity index (χ1n) is 12.0. The van der Waals surface area contributed by atoms with Crippen molar-refractivity contribution in [3.05, 3.63) is 131 Å². The van der Waals surface area contributed by atoms with Crippen LogP contribution in [0.2, 0.25) is 0 Å². The number of hydrogen-bond acceptors (Lipinski definition) is 3. The number of nitrogens with zero attached hydrogens (tertiary/aromatic N) is 1. The summed E-state index contributed by atoms with van der Waals surface area (Å²) in [6.07, 6.45) is 0.974. The van der Waals surface area contributed by atoms with Gasteiger partial charge in [-0.25, -0.2) is 8.42 Å². The summed E-state index contributed by atoms with van der Waals surface area (Å²) in [5.41, 5.74) is 4.17. The average Bonchev–Trinajstić information content (AvgIpc) is 2.93. The molecule has 4 aromatic carbocycles. The fourth-order valence-electron chi connectivity index (χ4n) is 3.96. The van der Waals surface area contributed by atoms with Crippen LogP contribution in [0.5, 0.6) is 0 Å². The molecule has 0 heterocycles. The molecule has 0 saturated carbocycles. The Kier molecular flexibility index (Phi) is 7.86. The highest BCUT2D eigenvalue weighted by Gasteiger charge is 2.25. The largest absolute Gasteiger partial charge is 0.346 e. The van der Waals surface area contributed by atoms with E-state index in [2.05, 4.69) is 24.4 Å². The van der Waals surface area contributed by atoms with E-state index in [0.717, 1.165) is 17.5 Å². The first-order valence-corrected chi connectivity index (χ1v) is 13.4. The van der Waals surface area contributed by atoms with Crippen LogP contribution in [0.4, 0.5) is 5.69 Å². The van der Waals surface area contributed by atoms with Crippen LogP contribution in [-0.2, 0) is 23.0 Å². The number of benzene rings is 4. The predicted octanol–water partition coefficient (Wildman–Crippen LogP) is 6.14. The van der Waals surface area contributed by atoms with Gasteiger partial charge in [-0.15, -0.1) is 0 Å². The monoisotopic (exact) mass is 498 g/mol. The van der Waals surface area contributed by atoms with Crippen molar-refractivity contribution >= 4 is 21.6 Å². The molecule has 0 aliphatic rings. The molecule has 0 aliphatic heterocycles. The fraction of sp³-hybridized carbons (Fsp3) is 0.167. The average molecular weight is 499 g/mol. The molecule has 5 nitrogen and oxygen atoms in total. The molecular formula is C30H30N2O3S. The van der Waals surface area contributed by atoms with E-state index in [0.29, 0.717) is 11.3 Å². The van der Waals surface area contributed by atoms with Gasteiger partial charge in [-0.2, -0.15) is 0 Å². The molecule has 0 spiro atoms. The van der Waals surface area contributed by atoms with Crippen LogP contribution in [-0.4, -0.2) is 14.3 Å². The van der Waals surface area contributed by atoms with Crippen molar-refractivity contribution in [1.29, 1.82) is 0 Å². The van der Waals surface area contributed by atoms with Crippen molar-refractivity contribution < 1.29 is 13.2 Å². The van der Waals surface area contributed by atoms with E-state index >= 15 is 0 Å². The number of sulfonamides is 1. The van der Waals surface area contributed by atoms with Gasteiger partial charge in [-0.3, -0.25) is 9.10 Å². The lowest BCUT2D eigenvalue weighted by Gasteiger charge is -2.25. The summed E-state index contributed by atoms with van der Waals surface area (Å²) in [7, 11) is -3.78. The third-order valence-corrected chi connectivity index (χ3v) is 7.94. The maximum Gasteiger partial charge on any atom is 0.264 e. The third-order valence-electron chi connectivity index (χ3n) is 6.15. The topological polar surface area (TPSA) is 66.5 Å². The highest BCUT2D eigenvalue weighted by atomic mass is 32.2. The lowest BCUT2D eigenvalue weighted by atomic mass is 10.0. The summed E-state index contributed by atoms with van der Waals surface area (Å²) >= 11 is 0. The molecule has 0 fully saturated rings. The quantitative estimate of drug-likeness (QED) is 0.302. The normalized spacial score (nSPS) is 12.1. The Balaban J connectivity index is 1.51. The van der Waals surface area contributed by atoms with E-state index < -0.39 is 10.0 Å². The van der Waals surface area contributed by atoms with Crippen LogP contribution < -0.4 is 9.62 Å². The van der Waals surface area contributed by atoms with Gasteiger partial charge in [-0.05, 0) is 66.4 Å². The number of carbonyl (C=O) groups is 1. The number of para-hydroxylation sites is 1. The van der Waals surface area contributed by atoms with Gasteiger partial charge in [0.25, 0.3) is 15.9 Å². The molecule has 36 heavy (non-hydrogen) atoms. The maximum atomic E-state index is 13.5. The Morgan fingerprint density at radius 2 is 1.33 bits per heavy atom. The second-order valence-electron chi connectivity index (χ2n) is 8.65. The molecule has 0 bridgehead atoms. The second-order valence-corrected chi connectivity index (χ2v) is 10.5. The van der Waals surface area contributed by atoms with E-state index in [1.54, 1.807) is 66.7 Å². The summed E-state index contributed by atoms with van der Waals surface area (Å²) in [5, 5.41) is 3.04. The molecule has 4 rings (SSSR count). The van der Waals surface area contributed by atoms with Crippen LogP contribution >= 0.6 is 0 Å². The van der Waals surface area contributed by atoms with Gasteiger partial charge in [-0.1, -0.05) is 79.7 Å². The van der Waals surface area contributed by atoms with E-state index in [-0.39, 0.29) is 23.4 Å². The molecule has 0 radical (unpaired) electrons. The van der Waals surface area contributed by atoms with Crippen LogP contribution in [0, 0.1) is 0 Å². The molecule has 1 atom stereocenters. The summed E-state index contributed by atoms with van der Waals surface area (Å²) in [5.74, 6) is -0.176. The van der Waals surface area contributed by atoms with Crippen LogP contribution in [0.1, 0.15) is 46.9 Å². The Labute approximate surface area is 213 Å². The first kappa shape index (κ1) is 25.2. The number of anilines is 1. The van der Waals surface area contributed by atoms with Crippen LogP contribution in [0.3, 0.4) is 0 Å². The third kappa shape index (κ3) is 5.83. The molecule has 0 saturated heterocycles. The van der Waals surface area contributed by atoms with E-state index in [1.165, 1.54) is 9.87 Å². The summed E-state index contributed by atoms with van der Waals surface area (Å²) in [6, 6.07) is 32.6. The Hall–Kier alpha value is -3.90. The molecule has 0 aliphatic carbocycles. The lowest BCUT2D eigenvalue weighted by molar-refractivity contribution is 0.0940. The number of rotatable bonds is 9. The van der Waals surface area contributed by atoms with Crippen molar-refractivity contribution in [2.24, 2.45) is 0 Å². The smallest absolute Gasteiger partial charge is 0.264 e. The Morgan fingerprint density at radius 1 is 0.778 bits per heavy atom. The zero-order chi connectivity index (χ0) is 25.5. The van der Waals surface area contributed by atoms with Gasteiger partial charge >= 0.3 is 0 Å². The number of aryl methyl sites for hydroxylation is 1. The van der Waals surface area contributed by atoms with Crippen LogP contribution in [0.15, 0.2) is 114 Å². The Morgan fingerprint density at radius 3 is 1.92 bits per heavy atom. The molecule has 4 aromatic rings. The Bertz CT molecular complexity index is 1390. The van der Waals surface area contributed by atoms with Gasteiger partial charge in [0.2, 0.25) is 0 Å². The minimum absolute atomic E-state index is 0.132. The van der Waals surface area contributed by atoms with E-state index in [1.807, 2.05) is 37.3 Å². The van der Waals surface area contributed by atoms with Gasteiger partial charge in [0.1, 0.15) is 0 Å². The predicted molar refractivity (Wildman–Crippen MR) is 144 cm³/mol. The molecule has 0 aromatic heterocycles. The van der Waals surface area contributed by atoms with Crippen LogP contribution in [0.25, 0.3) is 0 Å². The standard InChI is InChI=1S/C30H30N2O3S/c1-3-24-14-18-26(19-15-24)23(2)31-30(33)27-20-16-25(17-21-27)22-32(28-10-6-4-7-11-28)36(34,35)29-12-8-5-9-13-29/h4-21,23H,3,22H2,1-2H3,(H,31,33). The maximum absolute atomic E-state index is 13.5. The molecule has 6 heteroatoms. The molecule has 1 unspecified atom stereocenters. The fourth-order valence-corrected chi connectivity index (χ4v) is 5.44. The van der Waals surface area contributed by atoms with Gasteiger partial charge in [0.15, 0.2) is 0 Å².